The third-order valence-electron chi connectivity index (χ3n) is 3.64. The number of hydrogen-bond donors (Lipinski definition) is 1. The molecule has 2 amide bonds. The Morgan fingerprint density at radius 1 is 1.22 bits per heavy atom. The predicted octanol–water partition coefficient (Wildman–Crippen LogP) is 4.42. The van der Waals surface area contributed by atoms with Gasteiger partial charge in [-0.1, -0.05) is 29.3 Å². The van der Waals surface area contributed by atoms with Gasteiger partial charge in [0, 0.05) is 23.0 Å². The molecule has 0 radical (unpaired) electrons. The second-order valence-electron chi connectivity index (χ2n) is 7.12. The quantitative estimate of drug-likeness (QED) is 0.741. The third kappa shape index (κ3) is 6.19. The minimum absolute atomic E-state index is 0.0277. The molecule has 0 fully saturated rings. The van der Waals surface area contributed by atoms with Crippen molar-refractivity contribution in [1.82, 2.24) is 15.2 Å². The number of carbonyl (C=O) groups excluding carboxylic acids is 2. The van der Waals surface area contributed by atoms with Crippen LogP contribution in [0.1, 0.15) is 33.4 Å². The Kier molecular flexibility index (Phi) is 7.25. The van der Waals surface area contributed by atoms with E-state index in [0.717, 1.165) is 0 Å². The summed E-state index contributed by atoms with van der Waals surface area (Å²) in [5.74, 6) is -0.330. The average molecular weight is 428 g/mol. The normalized spacial score (nSPS) is 11.3. The molecule has 0 aliphatic rings. The molecule has 1 N–H and O–H groups in total. The van der Waals surface area contributed by atoms with Crippen molar-refractivity contribution >= 4 is 46.4 Å². The van der Waals surface area contributed by atoms with Gasteiger partial charge < -0.3 is 10.2 Å². The molecule has 0 atom stereocenters. The maximum Gasteiger partial charge on any atom is 0.240 e. The Bertz CT molecular complexity index is 810. The second kappa shape index (κ2) is 9.04. The second-order valence-corrected chi connectivity index (χ2v) is 8.80. The highest BCUT2D eigenvalue weighted by Crippen LogP contribution is 2.36. The smallest absolute Gasteiger partial charge is 0.240 e. The largest absolute Gasteiger partial charge is 0.350 e. The Morgan fingerprint density at radius 3 is 2.41 bits per heavy atom. The van der Waals surface area contributed by atoms with Crippen molar-refractivity contribution in [3.8, 4) is 10.6 Å². The number of nitrogens with zero attached hydrogens (tertiary/aromatic N) is 2. The van der Waals surface area contributed by atoms with E-state index in [9.17, 15) is 9.59 Å². The molecule has 0 saturated carbocycles. The Labute approximate surface area is 173 Å². The topological polar surface area (TPSA) is 62.3 Å². The highest BCUT2D eigenvalue weighted by Gasteiger charge is 2.21. The van der Waals surface area contributed by atoms with Gasteiger partial charge in [0.25, 0.3) is 0 Å². The lowest BCUT2D eigenvalue weighted by Gasteiger charge is -2.25. The number of amides is 2. The van der Waals surface area contributed by atoms with E-state index in [4.69, 9.17) is 23.2 Å². The molecular formula is C19H23Cl2N3O2S. The van der Waals surface area contributed by atoms with E-state index in [2.05, 4.69) is 10.3 Å². The van der Waals surface area contributed by atoms with Crippen molar-refractivity contribution in [3.63, 3.8) is 0 Å². The number of benzene rings is 1. The molecule has 1 aromatic heterocycles. The molecule has 0 unspecified atom stereocenters. The van der Waals surface area contributed by atoms with Crippen LogP contribution in [0.4, 0.5) is 0 Å². The molecule has 0 saturated heterocycles. The molecule has 0 spiro atoms. The molecule has 2 rings (SSSR count). The summed E-state index contributed by atoms with van der Waals surface area (Å²) in [6.07, 6.45) is 0.120. The molecule has 0 aliphatic carbocycles. The molecule has 0 bridgehead atoms. The van der Waals surface area contributed by atoms with E-state index in [-0.39, 0.29) is 30.3 Å². The summed E-state index contributed by atoms with van der Waals surface area (Å²) in [6.45, 7) is 8.03. The number of halogens is 2. The van der Waals surface area contributed by atoms with Crippen molar-refractivity contribution in [2.24, 2.45) is 0 Å². The Balaban J connectivity index is 2.07. The number of hydrogen-bond acceptors (Lipinski definition) is 4. The average Bonchev–Trinajstić information content (AvgIpc) is 2.98. The van der Waals surface area contributed by atoms with Crippen LogP contribution in [-0.2, 0) is 16.0 Å². The molecule has 0 aliphatic heterocycles. The van der Waals surface area contributed by atoms with E-state index >= 15 is 0 Å². The van der Waals surface area contributed by atoms with E-state index in [1.165, 1.54) is 16.2 Å². The van der Waals surface area contributed by atoms with Gasteiger partial charge in [0.15, 0.2) is 0 Å². The minimum Gasteiger partial charge on any atom is -0.350 e. The van der Waals surface area contributed by atoms with Gasteiger partial charge in [0.2, 0.25) is 11.8 Å². The van der Waals surface area contributed by atoms with Gasteiger partial charge in [-0.2, -0.15) is 0 Å². The molecule has 146 valence electrons. The molecule has 5 nitrogen and oxygen atoms in total. The summed E-state index contributed by atoms with van der Waals surface area (Å²) in [5, 5.41) is 6.38. The van der Waals surface area contributed by atoms with E-state index in [1.807, 2.05) is 33.1 Å². The standard InChI is InChI=1S/C19H23Cl2N3O2S/c1-5-24(10-15(25)23-19(2,3)4)16(26)9-12-11-27-18(22-12)17-13(20)7-6-8-14(17)21/h6-8,11H,5,9-10H2,1-4H3,(H,23,25). The third-order valence-corrected chi connectivity index (χ3v) is 5.18. The number of nitrogens with one attached hydrogen (secondary N) is 1. The summed E-state index contributed by atoms with van der Waals surface area (Å²) >= 11 is 13.8. The van der Waals surface area contributed by atoms with Gasteiger partial charge in [0.05, 0.1) is 28.7 Å². The minimum atomic E-state index is -0.336. The van der Waals surface area contributed by atoms with Gasteiger partial charge in [-0.3, -0.25) is 9.59 Å². The lowest BCUT2D eigenvalue weighted by atomic mass is 10.1. The van der Waals surface area contributed by atoms with Gasteiger partial charge in [-0.05, 0) is 39.8 Å². The summed E-state index contributed by atoms with van der Waals surface area (Å²) in [4.78, 5) is 30.7. The fourth-order valence-corrected chi connectivity index (χ4v) is 4.06. The SMILES string of the molecule is CCN(CC(=O)NC(C)(C)C)C(=O)Cc1csc(-c2c(Cl)cccc2Cl)n1. The zero-order valence-corrected chi connectivity index (χ0v) is 18.1. The monoisotopic (exact) mass is 427 g/mol. The zero-order chi connectivity index (χ0) is 20.2. The number of likely N-dealkylation sites (N-methyl/N-ethyl adjacent to an activating group) is 1. The fraction of sp³-hybridized carbons (Fsp3) is 0.421. The highest BCUT2D eigenvalue weighted by atomic mass is 35.5. The molecule has 1 heterocycles. The van der Waals surface area contributed by atoms with Gasteiger partial charge in [-0.15, -0.1) is 11.3 Å². The van der Waals surface area contributed by atoms with Crippen LogP contribution in [0, 0.1) is 0 Å². The lowest BCUT2D eigenvalue weighted by molar-refractivity contribution is -0.135. The maximum atomic E-state index is 12.6. The first-order chi connectivity index (χ1) is 12.6. The van der Waals surface area contributed by atoms with Crippen LogP contribution in [0.2, 0.25) is 10.0 Å². The fourth-order valence-electron chi connectivity index (χ4n) is 2.48. The van der Waals surface area contributed by atoms with Crippen LogP contribution in [0.5, 0.6) is 0 Å². The lowest BCUT2D eigenvalue weighted by Crippen LogP contribution is -2.47. The van der Waals surface area contributed by atoms with Gasteiger partial charge in [-0.25, -0.2) is 4.98 Å². The molecule has 27 heavy (non-hydrogen) atoms. The zero-order valence-electron chi connectivity index (χ0n) is 15.8. The first-order valence-corrected chi connectivity index (χ1v) is 10.2. The van der Waals surface area contributed by atoms with Crippen LogP contribution in [0.15, 0.2) is 23.6 Å². The number of aromatic nitrogens is 1. The van der Waals surface area contributed by atoms with E-state index in [1.54, 1.807) is 18.2 Å². The van der Waals surface area contributed by atoms with Gasteiger partial charge >= 0.3 is 0 Å². The first-order valence-electron chi connectivity index (χ1n) is 8.58. The van der Waals surface area contributed by atoms with Crippen LogP contribution in [0.25, 0.3) is 10.6 Å². The van der Waals surface area contributed by atoms with Crippen LogP contribution in [0.3, 0.4) is 0 Å². The van der Waals surface area contributed by atoms with Crippen LogP contribution in [-0.4, -0.2) is 40.3 Å². The van der Waals surface area contributed by atoms with Gasteiger partial charge in [0.1, 0.15) is 5.01 Å². The summed E-state index contributed by atoms with van der Waals surface area (Å²) in [6, 6.07) is 5.28. The number of rotatable bonds is 6. The summed E-state index contributed by atoms with van der Waals surface area (Å²) in [5.41, 5.74) is 0.963. The number of carbonyl (C=O) groups is 2. The van der Waals surface area contributed by atoms with Crippen LogP contribution >= 0.6 is 34.5 Å². The molecule has 2 aromatic rings. The Morgan fingerprint density at radius 2 is 1.85 bits per heavy atom. The predicted molar refractivity (Wildman–Crippen MR) is 111 cm³/mol. The Hall–Kier alpha value is -1.63. The number of thiazole rings is 1. The van der Waals surface area contributed by atoms with Crippen molar-refractivity contribution in [2.75, 3.05) is 13.1 Å². The molecule has 8 heteroatoms. The summed E-state index contributed by atoms with van der Waals surface area (Å²) < 4.78 is 0. The van der Waals surface area contributed by atoms with E-state index < -0.39 is 0 Å². The molecule has 1 aromatic carbocycles. The molecular weight excluding hydrogens is 405 g/mol. The van der Waals surface area contributed by atoms with Crippen LogP contribution < -0.4 is 5.32 Å². The first kappa shape index (κ1) is 21.7. The maximum absolute atomic E-state index is 12.6. The van der Waals surface area contributed by atoms with Crippen molar-refractivity contribution in [2.45, 2.75) is 39.7 Å². The van der Waals surface area contributed by atoms with Crippen molar-refractivity contribution in [1.29, 1.82) is 0 Å². The summed E-state index contributed by atoms with van der Waals surface area (Å²) in [7, 11) is 0. The van der Waals surface area contributed by atoms with Crippen molar-refractivity contribution in [3.05, 3.63) is 39.3 Å². The highest BCUT2D eigenvalue weighted by molar-refractivity contribution is 7.13. The van der Waals surface area contributed by atoms with Crippen molar-refractivity contribution < 1.29 is 9.59 Å². The van der Waals surface area contributed by atoms with E-state index in [0.29, 0.717) is 32.9 Å².